The van der Waals surface area contributed by atoms with Crippen LogP contribution in [0.5, 0.6) is 0 Å². The van der Waals surface area contributed by atoms with Crippen LogP contribution in [0.1, 0.15) is 31.4 Å². The van der Waals surface area contributed by atoms with Gasteiger partial charge < -0.3 is 5.73 Å². The molecule has 0 saturated heterocycles. The molecule has 4 nitrogen and oxygen atoms in total. The van der Waals surface area contributed by atoms with E-state index in [1.54, 1.807) is 13.0 Å². The standard InChI is InChI=1S/C12H20N2O2S/c1-5-9(3)14-17(15,16)12-7-11(13)6-8(2)10(12)4/h6-7,9,14H,5,13H2,1-4H3. The van der Waals surface area contributed by atoms with Crippen molar-refractivity contribution in [1.29, 1.82) is 0 Å². The maximum Gasteiger partial charge on any atom is 0.241 e. The molecule has 0 aliphatic rings. The highest BCUT2D eigenvalue weighted by molar-refractivity contribution is 7.89. The van der Waals surface area contributed by atoms with Crippen LogP contribution in [0.2, 0.25) is 0 Å². The van der Waals surface area contributed by atoms with Crippen LogP contribution in [-0.2, 0) is 10.0 Å². The molecule has 1 aromatic rings. The normalized spacial score (nSPS) is 13.6. The molecule has 0 heterocycles. The van der Waals surface area contributed by atoms with E-state index >= 15 is 0 Å². The maximum absolute atomic E-state index is 12.2. The van der Waals surface area contributed by atoms with E-state index in [1.165, 1.54) is 6.07 Å². The Morgan fingerprint density at radius 1 is 1.35 bits per heavy atom. The van der Waals surface area contributed by atoms with E-state index in [1.807, 2.05) is 20.8 Å². The Labute approximate surface area is 103 Å². The number of aryl methyl sites for hydroxylation is 1. The van der Waals surface area contributed by atoms with E-state index in [-0.39, 0.29) is 10.9 Å². The molecule has 1 aromatic carbocycles. The molecule has 1 unspecified atom stereocenters. The highest BCUT2D eigenvalue weighted by Crippen LogP contribution is 2.22. The van der Waals surface area contributed by atoms with Crippen LogP contribution in [0, 0.1) is 13.8 Å². The minimum absolute atomic E-state index is 0.0823. The zero-order chi connectivity index (χ0) is 13.2. The van der Waals surface area contributed by atoms with Crippen LogP contribution in [0.4, 0.5) is 5.69 Å². The fourth-order valence-electron chi connectivity index (χ4n) is 1.54. The third-order valence-electron chi connectivity index (χ3n) is 2.90. The summed E-state index contributed by atoms with van der Waals surface area (Å²) in [6.45, 7) is 7.42. The van der Waals surface area contributed by atoms with Gasteiger partial charge >= 0.3 is 0 Å². The summed E-state index contributed by atoms with van der Waals surface area (Å²) in [6, 6.07) is 3.20. The number of rotatable bonds is 4. The van der Waals surface area contributed by atoms with E-state index in [9.17, 15) is 8.42 Å². The Bertz CT molecular complexity index is 509. The van der Waals surface area contributed by atoms with Gasteiger partial charge in [0, 0.05) is 11.7 Å². The van der Waals surface area contributed by atoms with Crippen LogP contribution in [0.25, 0.3) is 0 Å². The lowest BCUT2D eigenvalue weighted by Crippen LogP contribution is -2.32. The Hall–Kier alpha value is -1.07. The summed E-state index contributed by atoms with van der Waals surface area (Å²) in [5.74, 6) is 0. The summed E-state index contributed by atoms with van der Waals surface area (Å²) in [6.07, 6.45) is 0.750. The van der Waals surface area contributed by atoms with Crippen molar-refractivity contribution in [2.24, 2.45) is 0 Å². The molecule has 1 rings (SSSR count). The minimum atomic E-state index is -3.48. The van der Waals surface area contributed by atoms with Crippen molar-refractivity contribution < 1.29 is 8.42 Å². The highest BCUT2D eigenvalue weighted by atomic mass is 32.2. The second-order valence-electron chi connectivity index (χ2n) is 4.39. The minimum Gasteiger partial charge on any atom is -0.399 e. The van der Waals surface area contributed by atoms with Crippen molar-refractivity contribution in [2.75, 3.05) is 5.73 Å². The summed E-state index contributed by atoms with van der Waals surface area (Å²) in [5.41, 5.74) is 7.80. The van der Waals surface area contributed by atoms with Crippen molar-refractivity contribution in [3.8, 4) is 0 Å². The van der Waals surface area contributed by atoms with Crippen molar-refractivity contribution in [2.45, 2.75) is 45.1 Å². The zero-order valence-electron chi connectivity index (χ0n) is 10.7. The van der Waals surface area contributed by atoms with Crippen LogP contribution in [0.15, 0.2) is 17.0 Å². The average Bonchev–Trinajstić information content (AvgIpc) is 2.22. The number of nitrogen functional groups attached to an aromatic ring is 1. The number of sulfonamides is 1. The first-order chi connectivity index (χ1) is 7.77. The summed E-state index contributed by atoms with van der Waals surface area (Å²) < 4.78 is 27.0. The molecular weight excluding hydrogens is 236 g/mol. The predicted octanol–water partition coefficient (Wildman–Crippen LogP) is 1.96. The van der Waals surface area contributed by atoms with Gasteiger partial charge in [0.15, 0.2) is 0 Å². The van der Waals surface area contributed by atoms with E-state index in [0.29, 0.717) is 5.69 Å². The summed E-state index contributed by atoms with van der Waals surface area (Å²) in [5, 5.41) is 0. The lowest BCUT2D eigenvalue weighted by Gasteiger charge is -2.15. The molecule has 17 heavy (non-hydrogen) atoms. The van der Waals surface area contributed by atoms with Gasteiger partial charge in [-0.05, 0) is 50.5 Å². The van der Waals surface area contributed by atoms with Gasteiger partial charge in [0.25, 0.3) is 0 Å². The first-order valence-corrected chi connectivity index (χ1v) is 7.15. The summed E-state index contributed by atoms with van der Waals surface area (Å²) in [4.78, 5) is 0.273. The third-order valence-corrected chi connectivity index (χ3v) is 4.62. The molecule has 5 heteroatoms. The fourth-order valence-corrected chi connectivity index (χ4v) is 3.22. The van der Waals surface area contributed by atoms with Crippen LogP contribution >= 0.6 is 0 Å². The molecular formula is C12H20N2O2S. The summed E-state index contributed by atoms with van der Waals surface area (Å²) in [7, 11) is -3.48. The number of nitrogens with one attached hydrogen (secondary N) is 1. The number of hydrogen-bond acceptors (Lipinski definition) is 3. The predicted molar refractivity (Wildman–Crippen MR) is 70.4 cm³/mol. The Morgan fingerprint density at radius 2 is 1.94 bits per heavy atom. The molecule has 0 amide bonds. The van der Waals surface area contributed by atoms with E-state index < -0.39 is 10.0 Å². The molecule has 0 radical (unpaired) electrons. The molecule has 0 aromatic heterocycles. The van der Waals surface area contributed by atoms with Gasteiger partial charge in [0.2, 0.25) is 10.0 Å². The van der Waals surface area contributed by atoms with Crippen LogP contribution in [-0.4, -0.2) is 14.5 Å². The Kier molecular flexibility index (Phi) is 4.16. The lowest BCUT2D eigenvalue weighted by molar-refractivity contribution is 0.555. The second kappa shape index (κ2) is 5.06. The first kappa shape index (κ1) is 14.0. The number of nitrogens with two attached hydrogens (primary N) is 1. The van der Waals surface area contributed by atoms with Gasteiger partial charge in [-0.2, -0.15) is 0 Å². The first-order valence-electron chi connectivity index (χ1n) is 5.67. The maximum atomic E-state index is 12.2. The molecule has 0 aliphatic heterocycles. The molecule has 0 aliphatic carbocycles. The van der Waals surface area contributed by atoms with Gasteiger partial charge in [-0.25, -0.2) is 13.1 Å². The third kappa shape index (κ3) is 3.20. The van der Waals surface area contributed by atoms with E-state index in [4.69, 9.17) is 5.73 Å². The number of benzene rings is 1. The van der Waals surface area contributed by atoms with Gasteiger partial charge in [0.05, 0.1) is 4.90 Å². The van der Waals surface area contributed by atoms with E-state index in [2.05, 4.69) is 4.72 Å². The van der Waals surface area contributed by atoms with Crippen molar-refractivity contribution >= 4 is 15.7 Å². The quantitative estimate of drug-likeness (QED) is 0.809. The van der Waals surface area contributed by atoms with E-state index in [0.717, 1.165) is 17.5 Å². The van der Waals surface area contributed by atoms with Gasteiger partial charge in [-0.3, -0.25) is 0 Å². The SMILES string of the molecule is CCC(C)NS(=O)(=O)c1cc(N)cc(C)c1C. The molecule has 0 spiro atoms. The van der Waals surface area contributed by atoms with Gasteiger partial charge in [-0.15, -0.1) is 0 Å². The zero-order valence-corrected chi connectivity index (χ0v) is 11.6. The largest absolute Gasteiger partial charge is 0.399 e. The summed E-state index contributed by atoms with van der Waals surface area (Å²) >= 11 is 0. The molecule has 96 valence electrons. The smallest absolute Gasteiger partial charge is 0.241 e. The Balaban J connectivity index is 3.24. The van der Waals surface area contributed by atoms with Gasteiger partial charge in [0.1, 0.15) is 0 Å². The van der Waals surface area contributed by atoms with Crippen LogP contribution < -0.4 is 10.5 Å². The topological polar surface area (TPSA) is 72.2 Å². The molecule has 3 N–H and O–H groups in total. The Morgan fingerprint density at radius 3 is 2.47 bits per heavy atom. The van der Waals surface area contributed by atoms with Crippen LogP contribution in [0.3, 0.4) is 0 Å². The fraction of sp³-hybridized carbons (Fsp3) is 0.500. The molecule has 0 fully saturated rings. The van der Waals surface area contributed by atoms with Crippen molar-refractivity contribution in [1.82, 2.24) is 4.72 Å². The molecule has 0 bridgehead atoms. The van der Waals surface area contributed by atoms with Crippen molar-refractivity contribution in [3.05, 3.63) is 23.3 Å². The second-order valence-corrected chi connectivity index (χ2v) is 6.07. The number of anilines is 1. The monoisotopic (exact) mass is 256 g/mol. The lowest BCUT2D eigenvalue weighted by atomic mass is 10.1. The van der Waals surface area contributed by atoms with Gasteiger partial charge in [-0.1, -0.05) is 6.92 Å². The highest BCUT2D eigenvalue weighted by Gasteiger charge is 2.20. The van der Waals surface area contributed by atoms with Crippen molar-refractivity contribution in [3.63, 3.8) is 0 Å². The number of hydrogen-bond donors (Lipinski definition) is 2. The average molecular weight is 256 g/mol. The molecule has 1 atom stereocenters. The molecule has 0 saturated carbocycles.